The molecule has 0 aromatic heterocycles. The largest absolute Gasteiger partial charge is 0.465 e. The quantitative estimate of drug-likeness (QED) is 0.636. The Hall–Kier alpha value is -1.30. The first-order valence-corrected chi connectivity index (χ1v) is 3.69. The van der Waals surface area contributed by atoms with E-state index < -0.39 is 18.0 Å². The summed E-state index contributed by atoms with van der Waals surface area (Å²) in [5, 5.41) is 9.56. The van der Waals surface area contributed by atoms with Crippen molar-refractivity contribution in [3.63, 3.8) is 0 Å². The van der Waals surface area contributed by atoms with Gasteiger partial charge in [0.1, 0.15) is 6.04 Å². The zero-order valence-corrected chi connectivity index (χ0v) is 8.14. The molecule has 1 atom stereocenters. The van der Waals surface area contributed by atoms with Crippen LogP contribution in [0.2, 0.25) is 0 Å². The fraction of sp³-hybridized carbons (Fsp3) is 0.714. The number of carbonyl (C=O) groups excluding carboxylic acids is 1. The highest BCUT2D eigenvalue weighted by Crippen LogP contribution is 2.00. The molecule has 0 aromatic carbocycles. The summed E-state index contributed by atoms with van der Waals surface area (Å²) in [6, 6.07) is -0.748. The monoisotopic (exact) mass is 190 g/mol. The minimum Gasteiger partial charge on any atom is -0.465 e. The van der Waals surface area contributed by atoms with Crippen LogP contribution in [0.5, 0.6) is 0 Å². The van der Waals surface area contributed by atoms with Gasteiger partial charge < -0.3 is 5.11 Å². The normalized spacial score (nSPS) is 12.0. The van der Waals surface area contributed by atoms with Gasteiger partial charge in [0.05, 0.1) is 7.11 Å². The van der Waals surface area contributed by atoms with Crippen LogP contribution in [-0.2, 0) is 9.63 Å². The average molecular weight is 190 g/mol. The van der Waals surface area contributed by atoms with Crippen molar-refractivity contribution in [2.75, 3.05) is 21.2 Å². The minimum absolute atomic E-state index is 0.410. The molecule has 0 saturated carbocycles. The summed E-state index contributed by atoms with van der Waals surface area (Å²) in [4.78, 5) is 27.3. The van der Waals surface area contributed by atoms with E-state index in [1.807, 2.05) is 0 Å². The number of hydrogen-bond acceptors (Lipinski definition) is 3. The topological polar surface area (TPSA) is 70.1 Å². The van der Waals surface area contributed by atoms with E-state index in [4.69, 9.17) is 5.11 Å². The Morgan fingerprint density at radius 1 is 1.38 bits per heavy atom. The maximum absolute atomic E-state index is 11.3. The second-order valence-electron chi connectivity index (χ2n) is 2.59. The van der Waals surface area contributed by atoms with Crippen molar-refractivity contribution < 1.29 is 19.5 Å². The maximum Gasteiger partial charge on any atom is 0.407 e. The molecule has 13 heavy (non-hydrogen) atoms. The van der Waals surface area contributed by atoms with E-state index in [0.29, 0.717) is 0 Å². The molecule has 0 saturated heterocycles. The molecule has 0 aliphatic rings. The van der Waals surface area contributed by atoms with E-state index in [-0.39, 0.29) is 0 Å². The Balaban J connectivity index is 4.33. The molecule has 0 aliphatic heterocycles. The SMILES string of the molecule is CON(C)C(=O)[C@H](C)N(C)C(=O)O. The fourth-order valence-electron chi connectivity index (χ4n) is 0.684. The predicted octanol–water partition coefficient (Wildman–Crippen LogP) is 0.00450. The van der Waals surface area contributed by atoms with Crippen molar-refractivity contribution >= 4 is 12.0 Å². The Bertz CT molecular complexity index is 207. The van der Waals surface area contributed by atoms with E-state index in [1.165, 1.54) is 28.1 Å². The van der Waals surface area contributed by atoms with Gasteiger partial charge in [0, 0.05) is 14.1 Å². The van der Waals surface area contributed by atoms with E-state index in [1.54, 1.807) is 0 Å². The molecule has 0 unspecified atom stereocenters. The summed E-state index contributed by atoms with van der Waals surface area (Å²) >= 11 is 0. The number of hydroxylamine groups is 2. The van der Waals surface area contributed by atoms with Gasteiger partial charge >= 0.3 is 6.09 Å². The molecule has 1 N–H and O–H groups in total. The van der Waals surface area contributed by atoms with Gasteiger partial charge in [-0.25, -0.2) is 9.86 Å². The van der Waals surface area contributed by atoms with Gasteiger partial charge in [0.25, 0.3) is 5.91 Å². The summed E-state index contributed by atoms with van der Waals surface area (Å²) in [5.41, 5.74) is 0. The Labute approximate surface area is 76.6 Å². The van der Waals surface area contributed by atoms with Crippen LogP contribution in [-0.4, -0.2) is 54.3 Å². The maximum atomic E-state index is 11.3. The third-order valence-corrected chi connectivity index (χ3v) is 1.82. The third kappa shape index (κ3) is 2.90. The highest BCUT2D eigenvalue weighted by Gasteiger charge is 2.24. The van der Waals surface area contributed by atoms with Gasteiger partial charge in [0.2, 0.25) is 0 Å². The smallest absolute Gasteiger partial charge is 0.407 e. The second-order valence-corrected chi connectivity index (χ2v) is 2.59. The zero-order valence-electron chi connectivity index (χ0n) is 8.14. The number of likely N-dealkylation sites (N-methyl/N-ethyl adjacent to an activating group) is 2. The van der Waals surface area contributed by atoms with E-state index >= 15 is 0 Å². The van der Waals surface area contributed by atoms with Crippen molar-refractivity contribution in [3.8, 4) is 0 Å². The molecule has 0 aliphatic carbocycles. The molecule has 76 valence electrons. The summed E-state index contributed by atoms with van der Waals surface area (Å²) in [6.07, 6.45) is -1.15. The number of amides is 2. The lowest BCUT2D eigenvalue weighted by Crippen LogP contribution is -2.45. The van der Waals surface area contributed by atoms with Crippen molar-refractivity contribution in [1.82, 2.24) is 9.96 Å². The second kappa shape index (κ2) is 4.66. The van der Waals surface area contributed by atoms with Gasteiger partial charge in [-0.05, 0) is 6.92 Å². The number of nitrogens with zero attached hydrogens (tertiary/aromatic N) is 2. The van der Waals surface area contributed by atoms with Gasteiger partial charge in [0.15, 0.2) is 0 Å². The van der Waals surface area contributed by atoms with Crippen molar-refractivity contribution in [3.05, 3.63) is 0 Å². The molecule has 2 amide bonds. The van der Waals surface area contributed by atoms with Crippen molar-refractivity contribution in [2.45, 2.75) is 13.0 Å². The molecule has 0 bridgehead atoms. The average Bonchev–Trinajstić information content (AvgIpc) is 2.12. The standard InChI is InChI=1S/C7H14N2O4/c1-5(8(2)7(11)12)6(10)9(3)13-4/h5H,1-4H3,(H,11,12)/t5-/m0/s1. The third-order valence-electron chi connectivity index (χ3n) is 1.82. The van der Waals surface area contributed by atoms with Crippen LogP contribution in [0.1, 0.15) is 6.92 Å². The molecule has 0 heterocycles. The first-order chi connectivity index (χ1) is 5.91. The minimum atomic E-state index is -1.15. The molecule has 6 nitrogen and oxygen atoms in total. The summed E-state index contributed by atoms with van der Waals surface area (Å²) in [6.45, 7) is 1.49. The summed E-state index contributed by atoms with van der Waals surface area (Å²) in [5.74, 6) is -0.410. The van der Waals surface area contributed by atoms with Crippen LogP contribution in [0.25, 0.3) is 0 Å². The highest BCUT2D eigenvalue weighted by atomic mass is 16.7. The molecular formula is C7H14N2O4. The Kier molecular flexibility index (Phi) is 4.19. The number of rotatable bonds is 3. The van der Waals surface area contributed by atoms with E-state index in [9.17, 15) is 9.59 Å². The first kappa shape index (κ1) is 11.7. The summed E-state index contributed by atoms with van der Waals surface area (Å²) in [7, 11) is 4.09. The van der Waals surface area contributed by atoms with Crippen LogP contribution in [0.15, 0.2) is 0 Å². The molecule has 0 fully saturated rings. The van der Waals surface area contributed by atoms with Crippen LogP contribution >= 0.6 is 0 Å². The first-order valence-electron chi connectivity index (χ1n) is 3.69. The van der Waals surface area contributed by atoms with Crippen LogP contribution < -0.4 is 0 Å². The number of hydrogen-bond donors (Lipinski definition) is 1. The molecular weight excluding hydrogens is 176 g/mol. The molecule has 0 spiro atoms. The fourth-order valence-corrected chi connectivity index (χ4v) is 0.684. The van der Waals surface area contributed by atoms with Crippen molar-refractivity contribution in [1.29, 1.82) is 0 Å². The summed E-state index contributed by atoms with van der Waals surface area (Å²) < 4.78 is 0. The van der Waals surface area contributed by atoms with Crippen LogP contribution in [0.4, 0.5) is 4.79 Å². The Morgan fingerprint density at radius 3 is 2.15 bits per heavy atom. The lowest BCUT2D eigenvalue weighted by Gasteiger charge is -2.24. The highest BCUT2D eigenvalue weighted by molar-refractivity contribution is 5.83. The lowest BCUT2D eigenvalue weighted by atomic mass is 10.3. The zero-order chi connectivity index (χ0) is 10.6. The van der Waals surface area contributed by atoms with Crippen LogP contribution in [0, 0.1) is 0 Å². The van der Waals surface area contributed by atoms with Gasteiger partial charge in [-0.3, -0.25) is 14.5 Å². The van der Waals surface area contributed by atoms with Gasteiger partial charge in [-0.2, -0.15) is 0 Å². The predicted molar refractivity (Wildman–Crippen MR) is 45.0 cm³/mol. The van der Waals surface area contributed by atoms with Crippen LogP contribution in [0.3, 0.4) is 0 Å². The number of carboxylic acid groups (broad SMARTS) is 1. The number of carbonyl (C=O) groups is 2. The van der Waals surface area contributed by atoms with E-state index in [2.05, 4.69) is 4.84 Å². The molecule has 0 aromatic rings. The molecule has 0 rings (SSSR count). The van der Waals surface area contributed by atoms with Crippen molar-refractivity contribution in [2.24, 2.45) is 0 Å². The Morgan fingerprint density at radius 2 is 1.85 bits per heavy atom. The van der Waals surface area contributed by atoms with E-state index in [0.717, 1.165) is 9.96 Å². The molecule has 6 heteroatoms. The van der Waals surface area contributed by atoms with Gasteiger partial charge in [-0.15, -0.1) is 0 Å². The van der Waals surface area contributed by atoms with Gasteiger partial charge in [-0.1, -0.05) is 0 Å². The molecule has 0 radical (unpaired) electrons. The lowest BCUT2D eigenvalue weighted by molar-refractivity contribution is -0.172.